The lowest BCUT2D eigenvalue weighted by molar-refractivity contribution is -0.130. The molecule has 2 N–H and O–H groups in total. The predicted molar refractivity (Wildman–Crippen MR) is 48.5 cm³/mol. The van der Waals surface area contributed by atoms with Gasteiger partial charge in [-0.1, -0.05) is 0 Å². The number of halogens is 1. The number of amides is 1. The molecule has 0 aromatic rings. The zero-order valence-corrected chi connectivity index (χ0v) is 8.07. The maximum atomic E-state index is 11.3. The second-order valence-corrected chi connectivity index (χ2v) is 3.60. The van der Waals surface area contributed by atoms with E-state index in [9.17, 15) is 15.0 Å². The third-order valence-electron chi connectivity index (χ3n) is 2.14. The SMILES string of the molecule is O=C(CCCCl)N1CC(O)C(O)C1. The second-order valence-electron chi connectivity index (χ2n) is 3.23. The summed E-state index contributed by atoms with van der Waals surface area (Å²) in [7, 11) is 0. The summed E-state index contributed by atoms with van der Waals surface area (Å²) in [5, 5.41) is 18.3. The molecule has 2 unspecified atom stereocenters. The van der Waals surface area contributed by atoms with Crippen LogP contribution in [0.5, 0.6) is 0 Å². The quantitative estimate of drug-likeness (QED) is 0.618. The van der Waals surface area contributed by atoms with Gasteiger partial charge in [0.15, 0.2) is 0 Å². The first-order chi connectivity index (χ1) is 6.15. The van der Waals surface area contributed by atoms with E-state index in [1.54, 1.807) is 0 Å². The normalized spacial score (nSPS) is 28.1. The maximum absolute atomic E-state index is 11.3. The summed E-state index contributed by atoms with van der Waals surface area (Å²) in [4.78, 5) is 12.8. The first-order valence-corrected chi connectivity index (χ1v) is 4.88. The number of β-amino-alcohol motifs (C(OH)–C–C–N with tert-alkyl or cyclic N) is 2. The van der Waals surface area contributed by atoms with Crippen LogP contribution >= 0.6 is 11.6 Å². The monoisotopic (exact) mass is 207 g/mol. The third-order valence-corrected chi connectivity index (χ3v) is 2.40. The van der Waals surface area contributed by atoms with Crippen molar-refractivity contribution in [1.82, 2.24) is 4.90 Å². The van der Waals surface area contributed by atoms with E-state index in [4.69, 9.17) is 11.6 Å². The van der Waals surface area contributed by atoms with Crippen LogP contribution in [-0.4, -0.2) is 52.2 Å². The Kier molecular flexibility index (Phi) is 3.96. The van der Waals surface area contributed by atoms with Gasteiger partial charge in [-0.15, -0.1) is 11.6 Å². The van der Waals surface area contributed by atoms with E-state index in [1.807, 2.05) is 0 Å². The number of aliphatic hydroxyl groups is 2. The van der Waals surface area contributed by atoms with Crippen LogP contribution in [0.15, 0.2) is 0 Å². The number of hydrogen-bond acceptors (Lipinski definition) is 3. The fourth-order valence-electron chi connectivity index (χ4n) is 1.35. The van der Waals surface area contributed by atoms with Crippen molar-refractivity contribution in [3.8, 4) is 0 Å². The summed E-state index contributed by atoms with van der Waals surface area (Å²) in [6.07, 6.45) is -0.550. The van der Waals surface area contributed by atoms with Crippen molar-refractivity contribution in [3.05, 3.63) is 0 Å². The van der Waals surface area contributed by atoms with Gasteiger partial charge in [-0.25, -0.2) is 0 Å². The minimum absolute atomic E-state index is 0.0451. The number of alkyl halides is 1. The lowest BCUT2D eigenvalue weighted by Gasteiger charge is -2.14. The molecule has 0 radical (unpaired) electrons. The van der Waals surface area contributed by atoms with Crippen LogP contribution in [0, 0.1) is 0 Å². The van der Waals surface area contributed by atoms with Gasteiger partial charge in [0.05, 0.1) is 12.2 Å². The van der Waals surface area contributed by atoms with Crippen molar-refractivity contribution < 1.29 is 15.0 Å². The molecule has 1 aliphatic rings. The summed E-state index contributed by atoms with van der Waals surface area (Å²) in [6, 6.07) is 0. The van der Waals surface area contributed by atoms with E-state index >= 15 is 0 Å². The second kappa shape index (κ2) is 4.79. The van der Waals surface area contributed by atoms with Gasteiger partial charge >= 0.3 is 0 Å². The van der Waals surface area contributed by atoms with Gasteiger partial charge in [-0.3, -0.25) is 4.79 Å². The molecule has 0 saturated carbocycles. The predicted octanol–water partition coefficient (Wildman–Crippen LogP) is -0.431. The largest absolute Gasteiger partial charge is 0.388 e. The fraction of sp³-hybridized carbons (Fsp3) is 0.875. The number of likely N-dealkylation sites (tertiary alicyclic amines) is 1. The van der Waals surface area contributed by atoms with Gasteiger partial charge in [-0.2, -0.15) is 0 Å². The van der Waals surface area contributed by atoms with E-state index in [0.717, 1.165) is 0 Å². The van der Waals surface area contributed by atoms with E-state index in [2.05, 4.69) is 0 Å². The van der Waals surface area contributed by atoms with Crippen LogP contribution in [0.4, 0.5) is 0 Å². The number of carbonyl (C=O) groups is 1. The Morgan fingerprint density at radius 3 is 2.38 bits per heavy atom. The van der Waals surface area contributed by atoms with Crippen molar-refractivity contribution >= 4 is 17.5 Å². The maximum Gasteiger partial charge on any atom is 0.222 e. The van der Waals surface area contributed by atoms with Crippen molar-refractivity contribution in [2.75, 3.05) is 19.0 Å². The van der Waals surface area contributed by atoms with Crippen molar-refractivity contribution in [1.29, 1.82) is 0 Å². The number of hydrogen-bond donors (Lipinski definition) is 2. The average molecular weight is 208 g/mol. The minimum Gasteiger partial charge on any atom is -0.388 e. The Morgan fingerprint density at radius 2 is 1.92 bits per heavy atom. The van der Waals surface area contributed by atoms with Gasteiger partial charge in [0, 0.05) is 25.4 Å². The molecule has 4 nitrogen and oxygen atoms in total. The Morgan fingerprint density at radius 1 is 1.38 bits per heavy atom. The Bertz CT molecular complexity index is 178. The zero-order chi connectivity index (χ0) is 9.84. The summed E-state index contributed by atoms with van der Waals surface area (Å²) < 4.78 is 0. The highest BCUT2D eigenvalue weighted by Crippen LogP contribution is 2.11. The van der Waals surface area contributed by atoms with Gasteiger partial charge in [0.1, 0.15) is 0 Å². The summed E-state index contributed by atoms with van der Waals surface area (Å²) >= 11 is 5.44. The highest BCUT2D eigenvalue weighted by atomic mass is 35.5. The standard InChI is InChI=1S/C8H14ClNO3/c9-3-1-2-8(13)10-4-6(11)7(12)5-10/h6-7,11-12H,1-5H2. The summed E-state index contributed by atoms with van der Waals surface area (Å²) in [5.41, 5.74) is 0. The van der Waals surface area contributed by atoms with Crippen LogP contribution in [0.1, 0.15) is 12.8 Å². The molecule has 0 spiro atoms. The van der Waals surface area contributed by atoms with Crippen LogP contribution in [-0.2, 0) is 4.79 Å². The van der Waals surface area contributed by atoms with Crippen molar-refractivity contribution in [3.63, 3.8) is 0 Å². The van der Waals surface area contributed by atoms with Crippen LogP contribution in [0.25, 0.3) is 0 Å². The molecule has 0 bridgehead atoms. The molecule has 5 heteroatoms. The lowest BCUT2D eigenvalue weighted by Crippen LogP contribution is -2.29. The third kappa shape index (κ3) is 2.83. The van der Waals surface area contributed by atoms with Gasteiger partial charge in [0.25, 0.3) is 0 Å². The van der Waals surface area contributed by atoms with Gasteiger partial charge in [-0.05, 0) is 6.42 Å². The Labute approximate surface area is 82.1 Å². The van der Waals surface area contributed by atoms with E-state index < -0.39 is 12.2 Å². The first-order valence-electron chi connectivity index (χ1n) is 4.35. The molecule has 1 saturated heterocycles. The van der Waals surface area contributed by atoms with Gasteiger partial charge < -0.3 is 15.1 Å². The lowest BCUT2D eigenvalue weighted by atomic mass is 10.3. The molecular formula is C8H14ClNO3. The number of rotatable bonds is 3. The number of carbonyl (C=O) groups excluding carboxylic acids is 1. The van der Waals surface area contributed by atoms with Gasteiger partial charge in [0.2, 0.25) is 5.91 Å². The minimum atomic E-state index is -0.792. The molecule has 2 atom stereocenters. The van der Waals surface area contributed by atoms with Crippen LogP contribution in [0.3, 0.4) is 0 Å². The molecule has 0 aromatic heterocycles. The summed E-state index contributed by atoms with van der Waals surface area (Å²) in [6.45, 7) is 0.477. The Hall–Kier alpha value is -0.320. The van der Waals surface area contributed by atoms with Crippen molar-refractivity contribution in [2.45, 2.75) is 25.0 Å². The van der Waals surface area contributed by atoms with E-state index in [-0.39, 0.29) is 19.0 Å². The smallest absolute Gasteiger partial charge is 0.222 e. The highest BCUT2D eigenvalue weighted by molar-refractivity contribution is 6.17. The molecule has 0 aliphatic carbocycles. The van der Waals surface area contributed by atoms with Crippen LogP contribution in [0.2, 0.25) is 0 Å². The molecule has 0 aromatic carbocycles. The first kappa shape index (κ1) is 10.8. The molecule has 76 valence electrons. The molecule has 1 aliphatic heterocycles. The summed E-state index contributed by atoms with van der Waals surface area (Å²) in [5.74, 6) is 0.418. The fourth-order valence-corrected chi connectivity index (χ4v) is 1.48. The molecule has 1 rings (SSSR count). The average Bonchev–Trinajstić information content (AvgIpc) is 2.43. The zero-order valence-electron chi connectivity index (χ0n) is 7.32. The molecule has 1 fully saturated rings. The molecule has 1 heterocycles. The van der Waals surface area contributed by atoms with E-state index in [0.29, 0.717) is 18.7 Å². The Balaban J connectivity index is 2.33. The number of nitrogens with zero attached hydrogens (tertiary/aromatic N) is 1. The van der Waals surface area contributed by atoms with Crippen LogP contribution < -0.4 is 0 Å². The topological polar surface area (TPSA) is 60.8 Å². The molecular weight excluding hydrogens is 194 g/mol. The molecule has 13 heavy (non-hydrogen) atoms. The van der Waals surface area contributed by atoms with E-state index in [1.165, 1.54) is 4.90 Å². The van der Waals surface area contributed by atoms with Crippen molar-refractivity contribution in [2.24, 2.45) is 0 Å². The highest BCUT2D eigenvalue weighted by Gasteiger charge is 2.31. The molecule has 1 amide bonds. The number of aliphatic hydroxyl groups excluding tert-OH is 2.